The molecule has 0 spiro atoms. The van der Waals surface area contributed by atoms with Crippen molar-refractivity contribution in [2.24, 2.45) is 0 Å². The number of hydrogen-bond acceptors (Lipinski definition) is 2. The van der Waals surface area contributed by atoms with Gasteiger partial charge in [0.15, 0.2) is 0 Å². The molecule has 0 saturated heterocycles. The second-order valence-corrected chi connectivity index (χ2v) is 4.72. The van der Waals surface area contributed by atoms with Crippen molar-refractivity contribution in [3.05, 3.63) is 28.8 Å². The lowest BCUT2D eigenvalue weighted by Gasteiger charge is -2.31. The summed E-state index contributed by atoms with van der Waals surface area (Å²) < 4.78 is 0. The summed E-state index contributed by atoms with van der Waals surface area (Å²) in [5.41, 5.74) is 2.45. The third kappa shape index (κ3) is 3.36. The predicted octanol–water partition coefficient (Wildman–Crippen LogP) is 3.68. The number of benzene rings is 1. The van der Waals surface area contributed by atoms with E-state index < -0.39 is 0 Å². The van der Waals surface area contributed by atoms with E-state index in [2.05, 4.69) is 37.1 Å². The van der Waals surface area contributed by atoms with Crippen molar-refractivity contribution in [3.63, 3.8) is 0 Å². The molecule has 2 nitrogen and oxygen atoms in total. The number of halogens is 1. The first-order valence-corrected chi connectivity index (χ1v) is 6.72. The largest absolute Gasteiger partial charge is 0.369 e. The summed E-state index contributed by atoms with van der Waals surface area (Å²) in [6.07, 6.45) is 1.14. The first kappa shape index (κ1) is 14.3. The van der Waals surface area contributed by atoms with Gasteiger partial charge in [-0.1, -0.05) is 24.6 Å². The third-order valence-electron chi connectivity index (χ3n) is 3.22. The van der Waals surface area contributed by atoms with Crippen molar-refractivity contribution in [1.82, 2.24) is 5.32 Å². The van der Waals surface area contributed by atoms with Gasteiger partial charge in [-0.15, -0.1) is 0 Å². The topological polar surface area (TPSA) is 15.3 Å². The summed E-state index contributed by atoms with van der Waals surface area (Å²) in [5, 5.41) is 4.04. The highest BCUT2D eigenvalue weighted by Gasteiger charge is 2.15. The van der Waals surface area contributed by atoms with Crippen molar-refractivity contribution in [3.8, 4) is 0 Å². The van der Waals surface area contributed by atoms with Crippen molar-refractivity contribution in [2.45, 2.75) is 39.8 Å². The number of hydrogen-bond donors (Lipinski definition) is 1. The molecule has 0 radical (unpaired) electrons. The van der Waals surface area contributed by atoms with Gasteiger partial charge in [0.05, 0.1) is 0 Å². The Balaban J connectivity index is 3.13. The van der Waals surface area contributed by atoms with Gasteiger partial charge in [-0.3, -0.25) is 0 Å². The highest BCUT2D eigenvalue weighted by Crippen LogP contribution is 2.29. The molecule has 0 fully saturated rings. The maximum absolute atomic E-state index is 6.29. The van der Waals surface area contributed by atoms with Crippen LogP contribution in [0, 0.1) is 0 Å². The molecule has 17 heavy (non-hydrogen) atoms. The average Bonchev–Trinajstić information content (AvgIpc) is 2.34. The quantitative estimate of drug-likeness (QED) is 0.833. The SMILES string of the molecule is CCC(C)N(CC)c1cccc(Cl)c1CNC. The number of nitrogens with one attached hydrogen (secondary N) is 1. The van der Waals surface area contributed by atoms with E-state index in [1.54, 1.807) is 0 Å². The zero-order valence-electron chi connectivity index (χ0n) is 11.3. The van der Waals surface area contributed by atoms with Crippen LogP contribution in [0.5, 0.6) is 0 Å². The molecule has 0 aromatic heterocycles. The molecule has 3 heteroatoms. The lowest BCUT2D eigenvalue weighted by Crippen LogP contribution is -2.33. The summed E-state index contributed by atoms with van der Waals surface area (Å²) in [5.74, 6) is 0. The Kier molecular flexibility index (Phi) is 5.79. The zero-order chi connectivity index (χ0) is 12.8. The van der Waals surface area contributed by atoms with E-state index in [1.165, 1.54) is 11.3 Å². The van der Waals surface area contributed by atoms with Gasteiger partial charge in [0.1, 0.15) is 0 Å². The van der Waals surface area contributed by atoms with E-state index in [9.17, 15) is 0 Å². The Hall–Kier alpha value is -0.730. The molecular formula is C14H23ClN2. The average molecular weight is 255 g/mol. The monoisotopic (exact) mass is 254 g/mol. The van der Waals surface area contributed by atoms with Crippen LogP contribution < -0.4 is 10.2 Å². The summed E-state index contributed by atoms with van der Waals surface area (Å²) in [6, 6.07) is 6.69. The number of anilines is 1. The van der Waals surface area contributed by atoms with Gasteiger partial charge >= 0.3 is 0 Å². The highest BCUT2D eigenvalue weighted by atomic mass is 35.5. The second-order valence-electron chi connectivity index (χ2n) is 4.31. The van der Waals surface area contributed by atoms with E-state index in [4.69, 9.17) is 11.6 Å². The summed E-state index contributed by atoms with van der Waals surface area (Å²) >= 11 is 6.29. The molecule has 0 bridgehead atoms. The molecule has 0 heterocycles. The minimum absolute atomic E-state index is 0.536. The summed E-state index contributed by atoms with van der Waals surface area (Å²) in [4.78, 5) is 2.42. The van der Waals surface area contributed by atoms with Crippen LogP contribution >= 0.6 is 11.6 Å². The van der Waals surface area contributed by atoms with Crippen molar-refractivity contribution in [1.29, 1.82) is 0 Å². The molecule has 1 rings (SSSR count). The maximum Gasteiger partial charge on any atom is 0.0471 e. The van der Waals surface area contributed by atoms with Crippen LogP contribution in [0.2, 0.25) is 5.02 Å². The van der Waals surface area contributed by atoms with Gasteiger partial charge in [-0.2, -0.15) is 0 Å². The number of rotatable bonds is 6. The molecular weight excluding hydrogens is 232 g/mol. The molecule has 1 unspecified atom stereocenters. The van der Waals surface area contributed by atoms with Crippen LogP contribution in [0.4, 0.5) is 5.69 Å². The molecule has 0 aliphatic rings. The summed E-state index contributed by atoms with van der Waals surface area (Å²) in [6.45, 7) is 8.48. The van der Waals surface area contributed by atoms with Gasteiger partial charge in [-0.25, -0.2) is 0 Å². The fourth-order valence-corrected chi connectivity index (χ4v) is 2.34. The van der Waals surface area contributed by atoms with Crippen LogP contribution in [0.1, 0.15) is 32.8 Å². The molecule has 1 aromatic carbocycles. The van der Waals surface area contributed by atoms with Crippen LogP contribution in [-0.2, 0) is 6.54 Å². The smallest absolute Gasteiger partial charge is 0.0471 e. The fourth-order valence-electron chi connectivity index (χ4n) is 2.11. The third-order valence-corrected chi connectivity index (χ3v) is 3.57. The van der Waals surface area contributed by atoms with E-state index >= 15 is 0 Å². The Morgan fingerprint density at radius 3 is 2.59 bits per heavy atom. The molecule has 0 aliphatic carbocycles. The molecule has 1 N–H and O–H groups in total. The molecule has 1 aromatic rings. The lowest BCUT2D eigenvalue weighted by molar-refractivity contribution is 0.625. The first-order valence-electron chi connectivity index (χ1n) is 6.34. The minimum atomic E-state index is 0.536. The van der Waals surface area contributed by atoms with Crippen LogP contribution in [0.15, 0.2) is 18.2 Å². The van der Waals surface area contributed by atoms with E-state index in [-0.39, 0.29) is 0 Å². The van der Waals surface area contributed by atoms with Gasteiger partial charge in [0.25, 0.3) is 0 Å². The van der Waals surface area contributed by atoms with Crippen LogP contribution in [0.3, 0.4) is 0 Å². The molecule has 0 saturated carbocycles. The van der Waals surface area contributed by atoms with Crippen LogP contribution in [-0.4, -0.2) is 19.6 Å². The number of nitrogens with zero attached hydrogens (tertiary/aromatic N) is 1. The summed E-state index contributed by atoms with van der Waals surface area (Å²) in [7, 11) is 1.95. The Bertz CT molecular complexity index is 352. The Morgan fingerprint density at radius 1 is 1.35 bits per heavy atom. The normalized spacial score (nSPS) is 12.5. The van der Waals surface area contributed by atoms with Crippen molar-refractivity contribution in [2.75, 3.05) is 18.5 Å². The molecule has 0 aliphatic heterocycles. The van der Waals surface area contributed by atoms with Crippen molar-refractivity contribution < 1.29 is 0 Å². The van der Waals surface area contributed by atoms with Gasteiger partial charge in [0, 0.05) is 35.4 Å². The van der Waals surface area contributed by atoms with Gasteiger partial charge in [-0.05, 0) is 39.4 Å². The predicted molar refractivity (Wildman–Crippen MR) is 77.0 cm³/mol. The van der Waals surface area contributed by atoms with E-state index in [1.807, 2.05) is 19.2 Å². The Labute approximate surface area is 110 Å². The zero-order valence-corrected chi connectivity index (χ0v) is 12.0. The lowest BCUT2D eigenvalue weighted by atomic mass is 10.1. The second kappa shape index (κ2) is 6.87. The van der Waals surface area contributed by atoms with Crippen molar-refractivity contribution >= 4 is 17.3 Å². The van der Waals surface area contributed by atoms with Gasteiger partial charge in [0.2, 0.25) is 0 Å². The molecule has 0 amide bonds. The maximum atomic E-state index is 6.29. The first-order chi connectivity index (χ1) is 8.15. The Morgan fingerprint density at radius 2 is 2.06 bits per heavy atom. The van der Waals surface area contributed by atoms with Crippen LogP contribution in [0.25, 0.3) is 0 Å². The molecule has 1 atom stereocenters. The fraction of sp³-hybridized carbons (Fsp3) is 0.571. The standard InChI is InChI=1S/C14H23ClN2/c1-5-11(3)17(6-2)14-9-7-8-13(15)12(14)10-16-4/h7-9,11,16H,5-6,10H2,1-4H3. The van der Waals surface area contributed by atoms with E-state index in [0.717, 1.165) is 24.5 Å². The van der Waals surface area contributed by atoms with E-state index in [0.29, 0.717) is 6.04 Å². The van der Waals surface area contributed by atoms with Gasteiger partial charge < -0.3 is 10.2 Å². The highest BCUT2D eigenvalue weighted by molar-refractivity contribution is 6.31. The molecule has 96 valence electrons. The minimum Gasteiger partial charge on any atom is -0.369 e.